The predicted octanol–water partition coefficient (Wildman–Crippen LogP) is 4.64. The normalized spacial score (nSPS) is 12.9. The Morgan fingerprint density at radius 1 is 1.06 bits per heavy atom. The quantitative estimate of drug-likeness (QED) is 0.474. The highest BCUT2D eigenvalue weighted by atomic mass is 32.2. The zero-order valence-corrected chi connectivity index (χ0v) is 18.1. The number of hydrogen-bond donors (Lipinski definition) is 2. The smallest absolute Gasteiger partial charge is 0.419 e. The number of amides is 1. The summed E-state index contributed by atoms with van der Waals surface area (Å²) in [5.41, 5.74) is -3.08. The Hall–Kier alpha value is -3.55. The first-order valence-electron chi connectivity index (χ1n) is 9.26. The van der Waals surface area contributed by atoms with Gasteiger partial charge in [0.15, 0.2) is 17.3 Å². The molecule has 3 rings (SSSR count). The van der Waals surface area contributed by atoms with Gasteiger partial charge in [0.1, 0.15) is 17.8 Å². The number of alkyl halides is 3. The molecule has 0 aliphatic rings. The van der Waals surface area contributed by atoms with Crippen LogP contribution in [0.4, 0.5) is 32.0 Å². The summed E-state index contributed by atoms with van der Waals surface area (Å²) in [7, 11) is -3.95. The fourth-order valence-corrected chi connectivity index (χ4v) is 3.43. The second-order valence-electron chi connectivity index (χ2n) is 7.16. The molecule has 7 nitrogen and oxygen atoms in total. The van der Waals surface area contributed by atoms with E-state index in [0.717, 1.165) is 24.5 Å². The van der Waals surface area contributed by atoms with Gasteiger partial charge in [-0.1, -0.05) is 0 Å². The number of hydrogen-bond acceptors (Lipinski definition) is 5. The number of rotatable bonds is 6. The minimum absolute atomic E-state index is 0.0560. The van der Waals surface area contributed by atoms with Crippen LogP contribution in [0, 0.1) is 17.5 Å². The van der Waals surface area contributed by atoms with Crippen molar-refractivity contribution in [1.29, 1.82) is 0 Å². The van der Waals surface area contributed by atoms with Gasteiger partial charge < -0.3 is 9.73 Å². The number of aromatic nitrogens is 1. The molecular formula is C20H15F6N3O4S. The number of nitrogens with one attached hydrogen (secondary N) is 2. The lowest BCUT2D eigenvalue weighted by atomic mass is 10.1. The molecule has 1 atom stereocenters. The number of halogens is 6. The average Bonchev–Trinajstić information content (AvgIpc) is 3.19. The second kappa shape index (κ2) is 9.00. The molecule has 2 aromatic carbocycles. The minimum atomic E-state index is -4.96. The number of carbonyl (C=O) groups excluding carboxylic acids is 1. The van der Waals surface area contributed by atoms with E-state index in [1.807, 2.05) is 0 Å². The van der Waals surface area contributed by atoms with Gasteiger partial charge in [0.25, 0.3) is 5.91 Å². The topological polar surface area (TPSA) is 101 Å². The average molecular weight is 507 g/mol. The lowest BCUT2D eigenvalue weighted by Crippen LogP contribution is -2.27. The predicted molar refractivity (Wildman–Crippen MR) is 108 cm³/mol. The summed E-state index contributed by atoms with van der Waals surface area (Å²) in [4.78, 5) is 16.2. The molecule has 0 unspecified atom stereocenters. The first-order valence-corrected chi connectivity index (χ1v) is 11.1. The Morgan fingerprint density at radius 2 is 1.68 bits per heavy atom. The maximum absolute atomic E-state index is 14.2. The molecule has 0 saturated heterocycles. The molecule has 14 heteroatoms. The van der Waals surface area contributed by atoms with Gasteiger partial charge in [-0.05, 0) is 42.8 Å². The largest absolute Gasteiger partial charge is 0.444 e. The summed E-state index contributed by atoms with van der Waals surface area (Å²) in [6.45, 7) is 1.37. The highest BCUT2D eigenvalue weighted by Crippen LogP contribution is 2.34. The van der Waals surface area contributed by atoms with E-state index in [-0.39, 0.29) is 16.8 Å². The van der Waals surface area contributed by atoms with Crippen molar-refractivity contribution in [3.63, 3.8) is 0 Å². The summed E-state index contributed by atoms with van der Waals surface area (Å²) in [5, 5.41) is 2.37. The van der Waals surface area contributed by atoms with Crippen LogP contribution in [-0.4, -0.2) is 25.6 Å². The molecule has 0 spiro atoms. The van der Waals surface area contributed by atoms with E-state index < -0.39 is 62.7 Å². The summed E-state index contributed by atoms with van der Waals surface area (Å²) >= 11 is 0. The number of oxazole rings is 1. The third-order valence-electron chi connectivity index (χ3n) is 4.46. The van der Waals surface area contributed by atoms with E-state index in [0.29, 0.717) is 18.4 Å². The minimum Gasteiger partial charge on any atom is -0.444 e. The fraction of sp³-hybridized carbons (Fsp3) is 0.200. The van der Waals surface area contributed by atoms with Gasteiger partial charge in [-0.25, -0.2) is 26.6 Å². The molecule has 3 aromatic rings. The van der Waals surface area contributed by atoms with Gasteiger partial charge >= 0.3 is 6.18 Å². The highest BCUT2D eigenvalue weighted by Gasteiger charge is 2.34. The Balaban J connectivity index is 1.79. The van der Waals surface area contributed by atoms with Crippen LogP contribution >= 0.6 is 0 Å². The van der Waals surface area contributed by atoms with Crippen molar-refractivity contribution >= 4 is 21.6 Å². The van der Waals surface area contributed by atoms with Crippen molar-refractivity contribution in [2.75, 3.05) is 11.0 Å². The Kier molecular flexibility index (Phi) is 6.64. The van der Waals surface area contributed by atoms with E-state index in [9.17, 15) is 39.6 Å². The Labute approximate surface area is 188 Å². The van der Waals surface area contributed by atoms with Crippen LogP contribution in [0.25, 0.3) is 11.5 Å². The maximum atomic E-state index is 14.2. The zero-order chi connectivity index (χ0) is 25.4. The van der Waals surface area contributed by atoms with Gasteiger partial charge in [-0.3, -0.25) is 9.52 Å². The number of anilines is 1. The summed E-state index contributed by atoms with van der Waals surface area (Å²) in [6.07, 6.45) is -3.40. The zero-order valence-electron chi connectivity index (χ0n) is 17.3. The molecule has 0 aliphatic heterocycles. The lowest BCUT2D eigenvalue weighted by molar-refractivity contribution is -0.139. The van der Waals surface area contributed by atoms with Crippen LogP contribution < -0.4 is 10.0 Å². The second-order valence-corrected chi connectivity index (χ2v) is 8.91. The number of sulfonamides is 1. The third kappa shape index (κ3) is 5.68. The van der Waals surface area contributed by atoms with Gasteiger partial charge in [0, 0.05) is 5.56 Å². The monoisotopic (exact) mass is 507 g/mol. The molecule has 2 N–H and O–H groups in total. The fourth-order valence-electron chi connectivity index (χ4n) is 2.87. The highest BCUT2D eigenvalue weighted by molar-refractivity contribution is 7.92. The Bertz CT molecular complexity index is 1330. The molecule has 34 heavy (non-hydrogen) atoms. The van der Waals surface area contributed by atoms with Crippen LogP contribution in [-0.2, 0) is 16.2 Å². The van der Waals surface area contributed by atoms with Gasteiger partial charge in [-0.2, -0.15) is 13.2 Å². The van der Waals surface area contributed by atoms with Crippen LogP contribution in [0.3, 0.4) is 0 Å². The first-order chi connectivity index (χ1) is 15.7. The standard InChI is InChI=1S/C20H15F6N3O4S/c1-9(11-6-14(22)17(15(23)7-11)29-34(2,31)32)27-18(30)16-8-33-19(28-16)10-3-4-13(21)12(5-10)20(24,25)26/h3-9,29H,1-2H3,(H,27,30)/t9-/m1/s1. The maximum Gasteiger partial charge on any atom is 0.419 e. The van der Waals surface area contributed by atoms with Crippen molar-refractivity contribution in [1.82, 2.24) is 10.3 Å². The number of benzene rings is 2. The van der Waals surface area contributed by atoms with Crippen LogP contribution in [0.1, 0.15) is 34.6 Å². The van der Waals surface area contributed by atoms with Crippen molar-refractivity contribution < 1.29 is 44.0 Å². The summed E-state index contributed by atoms with van der Waals surface area (Å²) in [5.74, 6) is -5.22. The molecular weight excluding hydrogens is 492 g/mol. The van der Waals surface area contributed by atoms with E-state index >= 15 is 0 Å². The number of carbonyl (C=O) groups is 1. The lowest BCUT2D eigenvalue weighted by Gasteiger charge is -2.15. The SMILES string of the molecule is C[C@@H](NC(=O)c1coc(-c2ccc(F)c(C(F)(F)F)c2)n1)c1cc(F)c(NS(C)(=O)=O)c(F)c1. The van der Waals surface area contributed by atoms with Crippen molar-refractivity contribution in [3.8, 4) is 11.5 Å². The molecule has 182 valence electrons. The van der Waals surface area contributed by atoms with Gasteiger partial charge in [-0.15, -0.1) is 0 Å². The van der Waals surface area contributed by atoms with Crippen molar-refractivity contribution in [2.24, 2.45) is 0 Å². The van der Waals surface area contributed by atoms with Crippen LogP contribution in [0.15, 0.2) is 41.0 Å². The first kappa shape index (κ1) is 25.1. The van der Waals surface area contributed by atoms with Crippen molar-refractivity contribution in [3.05, 3.63) is 70.9 Å². The van der Waals surface area contributed by atoms with E-state index in [2.05, 4.69) is 10.3 Å². The van der Waals surface area contributed by atoms with E-state index in [1.54, 1.807) is 4.72 Å². The van der Waals surface area contributed by atoms with E-state index in [4.69, 9.17) is 4.42 Å². The van der Waals surface area contributed by atoms with Gasteiger partial charge in [0.05, 0.1) is 17.9 Å². The summed E-state index contributed by atoms with van der Waals surface area (Å²) < 4.78 is 110. The third-order valence-corrected chi connectivity index (χ3v) is 5.03. The molecule has 1 aromatic heterocycles. The molecule has 0 radical (unpaired) electrons. The molecule has 1 amide bonds. The summed E-state index contributed by atoms with van der Waals surface area (Å²) in [6, 6.07) is 2.67. The molecule has 0 saturated carbocycles. The molecule has 0 aliphatic carbocycles. The molecule has 0 fully saturated rings. The molecule has 0 bridgehead atoms. The Morgan fingerprint density at radius 3 is 2.24 bits per heavy atom. The molecule has 1 heterocycles. The van der Waals surface area contributed by atoms with Gasteiger partial charge in [0.2, 0.25) is 15.9 Å². The number of nitrogens with zero attached hydrogens (tertiary/aromatic N) is 1. The van der Waals surface area contributed by atoms with E-state index in [1.165, 1.54) is 6.92 Å². The van der Waals surface area contributed by atoms with Crippen LogP contribution in [0.2, 0.25) is 0 Å². The van der Waals surface area contributed by atoms with Crippen molar-refractivity contribution in [2.45, 2.75) is 19.1 Å². The van der Waals surface area contributed by atoms with Crippen LogP contribution in [0.5, 0.6) is 0 Å².